The first-order chi connectivity index (χ1) is 11.7. The van der Waals surface area contributed by atoms with E-state index in [0.29, 0.717) is 23.5 Å². The molecule has 0 saturated heterocycles. The predicted octanol–water partition coefficient (Wildman–Crippen LogP) is 6.22. The summed E-state index contributed by atoms with van der Waals surface area (Å²) in [7, 11) is 0. The fraction of sp³-hybridized carbons (Fsp3) is 0.300. The Kier molecular flexibility index (Phi) is 4.19. The number of fused-ring (bicyclic) bond motifs is 3. The number of benzene rings is 2. The van der Waals surface area contributed by atoms with Crippen LogP contribution >= 0.6 is 23.2 Å². The molecule has 0 aromatic heterocycles. The van der Waals surface area contributed by atoms with Crippen molar-refractivity contribution in [2.45, 2.75) is 25.3 Å². The lowest BCUT2D eigenvalue weighted by atomic mass is 9.77. The second-order valence-electron chi connectivity index (χ2n) is 6.32. The van der Waals surface area contributed by atoms with E-state index in [1.807, 2.05) is 31.2 Å². The molecule has 1 heterocycles. The second-order valence-corrected chi connectivity index (χ2v) is 7.17. The highest BCUT2D eigenvalue weighted by atomic mass is 35.5. The average Bonchev–Trinajstić information content (AvgIpc) is 3.05. The Balaban J connectivity index is 1.75. The van der Waals surface area contributed by atoms with E-state index < -0.39 is 0 Å². The van der Waals surface area contributed by atoms with Crippen molar-refractivity contribution >= 4 is 28.9 Å². The summed E-state index contributed by atoms with van der Waals surface area (Å²) in [4.78, 5) is 0. The van der Waals surface area contributed by atoms with Crippen LogP contribution < -0.4 is 10.1 Å². The van der Waals surface area contributed by atoms with Crippen molar-refractivity contribution in [1.29, 1.82) is 0 Å². The summed E-state index contributed by atoms with van der Waals surface area (Å²) in [5.41, 5.74) is 3.57. The van der Waals surface area contributed by atoms with Crippen LogP contribution in [-0.2, 0) is 0 Å². The normalized spacial score (nSPS) is 24.2. The van der Waals surface area contributed by atoms with Crippen LogP contribution in [0.2, 0.25) is 10.0 Å². The zero-order valence-electron chi connectivity index (χ0n) is 13.4. The summed E-state index contributed by atoms with van der Waals surface area (Å²) in [5, 5.41) is 5.08. The summed E-state index contributed by atoms with van der Waals surface area (Å²) in [6.45, 7) is 2.69. The maximum atomic E-state index is 6.48. The fourth-order valence-electron chi connectivity index (χ4n) is 3.89. The van der Waals surface area contributed by atoms with Gasteiger partial charge < -0.3 is 10.1 Å². The molecule has 3 atom stereocenters. The lowest BCUT2D eigenvalue weighted by molar-refractivity contribution is 0.338. The van der Waals surface area contributed by atoms with Gasteiger partial charge in [-0.1, -0.05) is 41.4 Å². The van der Waals surface area contributed by atoms with Crippen LogP contribution in [0.4, 0.5) is 5.69 Å². The molecule has 24 heavy (non-hydrogen) atoms. The van der Waals surface area contributed by atoms with E-state index in [0.717, 1.165) is 28.4 Å². The number of hydrogen-bond acceptors (Lipinski definition) is 2. The monoisotopic (exact) mass is 359 g/mol. The molecule has 3 unspecified atom stereocenters. The first-order valence-electron chi connectivity index (χ1n) is 8.32. The first-order valence-corrected chi connectivity index (χ1v) is 9.08. The van der Waals surface area contributed by atoms with Gasteiger partial charge in [0.15, 0.2) is 0 Å². The van der Waals surface area contributed by atoms with E-state index in [9.17, 15) is 0 Å². The van der Waals surface area contributed by atoms with Crippen LogP contribution in [0.15, 0.2) is 48.6 Å². The zero-order chi connectivity index (χ0) is 16.7. The van der Waals surface area contributed by atoms with Gasteiger partial charge in [-0.25, -0.2) is 0 Å². The minimum absolute atomic E-state index is 0.181. The third kappa shape index (κ3) is 2.68. The van der Waals surface area contributed by atoms with E-state index in [1.54, 1.807) is 0 Å². The molecule has 1 aliphatic heterocycles. The number of ether oxygens (including phenoxy) is 1. The maximum absolute atomic E-state index is 6.48. The maximum Gasteiger partial charge on any atom is 0.119 e. The molecule has 0 bridgehead atoms. The Hall–Kier alpha value is -1.64. The van der Waals surface area contributed by atoms with Gasteiger partial charge in [-0.3, -0.25) is 0 Å². The molecule has 124 valence electrons. The molecule has 0 fully saturated rings. The number of halogens is 2. The standard InChI is InChI=1S/C20H19Cl2NO/c1-2-24-13-7-9-19-17(11-13)14-4-3-5-15(14)20(23-19)16-8-6-12(21)10-18(16)22/h3-4,6-11,14-15,20,23H,2,5H2,1H3. The van der Waals surface area contributed by atoms with Crippen molar-refractivity contribution < 1.29 is 4.74 Å². The molecule has 1 N–H and O–H groups in total. The highest BCUT2D eigenvalue weighted by molar-refractivity contribution is 6.35. The molecule has 2 aliphatic rings. The van der Waals surface area contributed by atoms with Crippen molar-refractivity contribution in [2.24, 2.45) is 5.92 Å². The summed E-state index contributed by atoms with van der Waals surface area (Å²) < 4.78 is 5.68. The third-order valence-electron chi connectivity index (χ3n) is 4.94. The lowest BCUT2D eigenvalue weighted by Crippen LogP contribution is -2.29. The number of allylic oxidation sites excluding steroid dienone is 2. The molecule has 4 rings (SSSR count). The molecule has 2 nitrogen and oxygen atoms in total. The Morgan fingerprint density at radius 2 is 2.00 bits per heavy atom. The minimum atomic E-state index is 0.181. The van der Waals surface area contributed by atoms with E-state index in [4.69, 9.17) is 27.9 Å². The van der Waals surface area contributed by atoms with Crippen molar-refractivity contribution in [3.8, 4) is 5.75 Å². The molecule has 2 aromatic carbocycles. The summed E-state index contributed by atoms with van der Waals surface area (Å²) >= 11 is 12.5. The van der Waals surface area contributed by atoms with Crippen LogP contribution in [0.1, 0.15) is 36.4 Å². The summed E-state index contributed by atoms with van der Waals surface area (Å²) in [5.74, 6) is 1.77. The largest absolute Gasteiger partial charge is 0.494 e. The number of hydrogen-bond donors (Lipinski definition) is 1. The van der Waals surface area contributed by atoms with Crippen LogP contribution in [0, 0.1) is 5.92 Å². The summed E-state index contributed by atoms with van der Waals surface area (Å²) in [6.07, 6.45) is 5.63. The van der Waals surface area contributed by atoms with E-state index >= 15 is 0 Å². The highest BCUT2D eigenvalue weighted by Gasteiger charge is 2.38. The Labute approximate surface area is 152 Å². The fourth-order valence-corrected chi connectivity index (χ4v) is 4.42. The van der Waals surface area contributed by atoms with Crippen molar-refractivity contribution in [2.75, 3.05) is 11.9 Å². The number of anilines is 1. The van der Waals surface area contributed by atoms with Gasteiger partial charge in [0.1, 0.15) is 5.75 Å². The van der Waals surface area contributed by atoms with Crippen molar-refractivity contribution in [3.63, 3.8) is 0 Å². The smallest absolute Gasteiger partial charge is 0.119 e. The second kappa shape index (κ2) is 6.34. The molecule has 0 saturated carbocycles. The molecule has 0 radical (unpaired) electrons. The highest BCUT2D eigenvalue weighted by Crippen LogP contribution is 2.51. The first kappa shape index (κ1) is 15.9. The molecular formula is C20H19Cl2NO. The molecule has 1 aliphatic carbocycles. The molecule has 2 aromatic rings. The molecule has 0 amide bonds. The third-order valence-corrected chi connectivity index (χ3v) is 5.51. The lowest BCUT2D eigenvalue weighted by Gasteiger charge is -2.38. The van der Waals surface area contributed by atoms with Gasteiger partial charge in [-0.05, 0) is 60.7 Å². The topological polar surface area (TPSA) is 21.3 Å². The zero-order valence-corrected chi connectivity index (χ0v) is 14.9. The van der Waals surface area contributed by atoms with Gasteiger partial charge in [-0.2, -0.15) is 0 Å². The number of nitrogens with one attached hydrogen (secondary N) is 1. The van der Waals surface area contributed by atoms with E-state index in [2.05, 4.69) is 29.6 Å². The van der Waals surface area contributed by atoms with Gasteiger partial charge in [0, 0.05) is 21.7 Å². The Bertz CT molecular complexity index is 802. The van der Waals surface area contributed by atoms with E-state index in [1.165, 1.54) is 5.56 Å². The molecule has 4 heteroatoms. The Morgan fingerprint density at radius 3 is 2.79 bits per heavy atom. The van der Waals surface area contributed by atoms with Gasteiger partial charge >= 0.3 is 0 Å². The van der Waals surface area contributed by atoms with Gasteiger partial charge in [-0.15, -0.1) is 0 Å². The number of rotatable bonds is 3. The van der Waals surface area contributed by atoms with Crippen molar-refractivity contribution in [3.05, 3.63) is 69.7 Å². The quantitative estimate of drug-likeness (QED) is 0.656. The SMILES string of the molecule is CCOc1ccc2c(c1)C1C=CCC1C(c1ccc(Cl)cc1Cl)N2. The van der Waals surface area contributed by atoms with Gasteiger partial charge in [0.25, 0.3) is 0 Å². The van der Waals surface area contributed by atoms with Gasteiger partial charge in [0.05, 0.1) is 12.6 Å². The van der Waals surface area contributed by atoms with E-state index in [-0.39, 0.29) is 6.04 Å². The van der Waals surface area contributed by atoms with Crippen LogP contribution in [0.25, 0.3) is 0 Å². The van der Waals surface area contributed by atoms with Crippen LogP contribution in [0.5, 0.6) is 5.75 Å². The average molecular weight is 360 g/mol. The minimum Gasteiger partial charge on any atom is -0.494 e. The molecular weight excluding hydrogens is 341 g/mol. The Morgan fingerprint density at radius 1 is 1.12 bits per heavy atom. The van der Waals surface area contributed by atoms with Crippen LogP contribution in [0.3, 0.4) is 0 Å². The van der Waals surface area contributed by atoms with Crippen LogP contribution in [-0.4, -0.2) is 6.61 Å². The van der Waals surface area contributed by atoms with Gasteiger partial charge in [0.2, 0.25) is 0 Å². The van der Waals surface area contributed by atoms with Crippen molar-refractivity contribution in [1.82, 2.24) is 0 Å². The molecule has 0 spiro atoms. The predicted molar refractivity (Wildman–Crippen MR) is 100 cm³/mol. The summed E-state index contributed by atoms with van der Waals surface area (Å²) in [6, 6.07) is 12.3.